The molecule has 0 fully saturated rings. The number of rotatable bonds is 1. The molecule has 1 amide bonds. The Bertz CT molecular complexity index is 387. The quantitative estimate of drug-likeness (QED) is 0.760. The number of halogens is 3. The number of alkyl halides is 3. The molecular formula is C9H8F3NO2. The number of benzene rings is 1. The molecule has 0 aliphatic heterocycles. The van der Waals surface area contributed by atoms with Gasteiger partial charge in [0.2, 0.25) is 0 Å². The molecule has 0 heterocycles. The summed E-state index contributed by atoms with van der Waals surface area (Å²) in [6.07, 6.45) is -4.93. The van der Waals surface area contributed by atoms with Gasteiger partial charge in [0.15, 0.2) is 0 Å². The van der Waals surface area contributed by atoms with Crippen LogP contribution in [-0.4, -0.2) is 17.2 Å². The molecule has 0 aromatic heterocycles. The van der Waals surface area contributed by atoms with Crippen LogP contribution in [0.4, 0.5) is 18.9 Å². The highest BCUT2D eigenvalue weighted by Gasteiger charge is 2.38. The molecule has 15 heavy (non-hydrogen) atoms. The van der Waals surface area contributed by atoms with Crippen molar-refractivity contribution in [1.29, 1.82) is 0 Å². The SMILES string of the molecule is Cc1c(O)cccc1NC(=O)C(F)(F)F. The molecule has 82 valence electrons. The molecule has 0 unspecified atom stereocenters. The van der Waals surface area contributed by atoms with Crippen LogP contribution in [0, 0.1) is 6.92 Å². The van der Waals surface area contributed by atoms with Crippen LogP contribution in [0.3, 0.4) is 0 Å². The van der Waals surface area contributed by atoms with E-state index in [0.717, 1.165) is 0 Å². The fraction of sp³-hybridized carbons (Fsp3) is 0.222. The van der Waals surface area contributed by atoms with E-state index < -0.39 is 12.1 Å². The van der Waals surface area contributed by atoms with Crippen molar-refractivity contribution >= 4 is 11.6 Å². The molecule has 3 nitrogen and oxygen atoms in total. The van der Waals surface area contributed by atoms with Crippen LogP contribution in [-0.2, 0) is 4.79 Å². The Kier molecular flexibility index (Phi) is 2.88. The van der Waals surface area contributed by atoms with Gasteiger partial charge in [-0.05, 0) is 19.1 Å². The highest BCUT2D eigenvalue weighted by molar-refractivity contribution is 5.95. The van der Waals surface area contributed by atoms with Crippen molar-refractivity contribution in [3.05, 3.63) is 23.8 Å². The van der Waals surface area contributed by atoms with Crippen LogP contribution < -0.4 is 5.32 Å². The van der Waals surface area contributed by atoms with Gasteiger partial charge in [0.05, 0.1) is 0 Å². The zero-order valence-corrected chi connectivity index (χ0v) is 7.72. The summed E-state index contributed by atoms with van der Waals surface area (Å²) in [5.41, 5.74) is 0.132. The summed E-state index contributed by atoms with van der Waals surface area (Å²) >= 11 is 0. The molecule has 2 N–H and O–H groups in total. The number of phenolic OH excluding ortho intramolecular Hbond substituents is 1. The molecule has 0 saturated carbocycles. The van der Waals surface area contributed by atoms with Crippen LogP contribution in [0.5, 0.6) is 5.75 Å². The van der Waals surface area contributed by atoms with Gasteiger partial charge in [0, 0.05) is 11.3 Å². The van der Waals surface area contributed by atoms with E-state index in [1.165, 1.54) is 25.1 Å². The third kappa shape index (κ3) is 2.61. The van der Waals surface area contributed by atoms with Gasteiger partial charge in [-0.1, -0.05) is 6.07 Å². The van der Waals surface area contributed by atoms with Crippen molar-refractivity contribution in [3.8, 4) is 5.75 Å². The van der Waals surface area contributed by atoms with Crippen molar-refractivity contribution in [2.45, 2.75) is 13.1 Å². The summed E-state index contributed by atoms with van der Waals surface area (Å²) in [7, 11) is 0. The second-order valence-electron chi connectivity index (χ2n) is 2.90. The van der Waals surface area contributed by atoms with Crippen molar-refractivity contribution in [1.82, 2.24) is 0 Å². The maximum atomic E-state index is 11.9. The summed E-state index contributed by atoms with van der Waals surface area (Å²) < 4.78 is 35.7. The lowest BCUT2D eigenvalue weighted by Gasteiger charge is -2.10. The number of carbonyl (C=O) groups is 1. The first-order valence-corrected chi connectivity index (χ1v) is 3.99. The van der Waals surface area contributed by atoms with Gasteiger partial charge >= 0.3 is 12.1 Å². The molecule has 0 saturated heterocycles. The van der Waals surface area contributed by atoms with E-state index in [-0.39, 0.29) is 17.0 Å². The largest absolute Gasteiger partial charge is 0.508 e. The highest BCUT2D eigenvalue weighted by atomic mass is 19.4. The number of nitrogens with one attached hydrogen (secondary N) is 1. The van der Waals surface area contributed by atoms with Crippen LogP contribution in [0.2, 0.25) is 0 Å². The van der Waals surface area contributed by atoms with E-state index in [1.54, 1.807) is 5.32 Å². The summed E-state index contributed by atoms with van der Waals surface area (Å²) in [4.78, 5) is 10.6. The standard InChI is InChI=1S/C9H8F3NO2/c1-5-6(3-2-4-7(5)14)13-8(15)9(10,11)12/h2-4,14H,1H3,(H,13,15). The number of phenols is 1. The predicted molar refractivity (Wildman–Crippen MR) is 47.5 cm³/mol. The average molecular weight is 219 g/mol. The maximum Gasteiger partial charge on any atom is 0.471 e. The first-order chi connectivity index (χ1) is 6.82. The van der Waals surface area contributed by atoms with Crippen molar-refractivity contribution < 1.29 is 23.1 Å². The molecule has 1 aromatic rings. The van der Waals surface area contributed by atoms with E-state index in [1.807, 2.05) is 0 Å². The predicted octanol–water partition coefficient (Wildman–Crippen LogP) is 2.20. The third-order valence-electron chi connectivity index (χ3n) is 1.81. The van der Waals surface area contributed by atoms with E-state index in [4.69, 9.17) is 0 Å². The fourth-order valence-corrected chi connectivity index (χ4v) is 0.952. The molecule has 1 rings (SSSR count). The van der Waals surface area contributed by atoms with Gasteiger partial charge in [-0.15, -0.1) is 0 Å². The van der Waals surface area contributed by atoms with Gasteiger partial charge in [0.25, 0.3) is 0 Å². The lowest BCUT2D eigenvalue weighted by molar-refractivity contribution is -0.167. The molecule has 0 aliphatic rings. The first-order valence-electron chi connectivity index (χ1n) is 3.99. The van der Waals surface area contributed by atoms with Crippen LogP contribution in [0.25, 0.3) is 0 Å². The second-order valence-corrected chi connectivity index (χ2v) is 2.90. The number of carbonyl (C=O) groups excluding carboxylic acids is 1. The number of amides is 1. The lowest BCUT2D eigenvalue weighted by Crippen LogP contribution is -2.30. The van der Waals surface area contributed by atoms with Gasteiger partial charge in [-0.2, -0.15) is 13.2 Å². The molecule has 0 radical (unpaired) electrons. The van der Waals surface area contributed by atoms with Gasteiger partial charge < -0.3 is 10.4 Å². The van der Waals surface area contributed by atoms with Gasteiger partial charge in [-0.25, -0.2) is 0 Å². The summed E-state index contributed by atoms with van der Waals surface area (Å²) in [6, 6.07) is 3.94. The van der Waals surface area contributed by atoms with Crippen molar-refractivity contribution in [2.75, 3.05) is 5.32 Å². The fourth-order valence-electron chi connectivity index (χ4n) is 0.952. The van der Waals surface area contributed by atoms with Gasteiger partial charge in [0.1, 0.15) is 5.75 Å². The number of aromatic hydroxyl groups is 1. The molecule has 0 atom stereocenters. The molecule has 0 bridgehead atoms. The minimum atomic E-state index is -4.93. The minimum Gasteiger partial charge on any atom is -0.508 e. The van der Waals surface area contributed by atoms with E-state index in [2.05, 4.69) is 0 Å². The highest BCUT2D eigenvalue weighted by Crippen LogP contribution is 2.25. The Morgan fingerprint density at radius 2 is 2.00 bits per heavy atom. The monoisotopic (exact) mass is 219 g/mol. The Balaban J connectivity index is 2.91. The normalized spacial score (nSPS) is 11.2. The zero-order valence-electron chi connectivity index (χ0n) is 7.72. The van der Waals surface area contributed by atoms with E-state index in [0.29, 0.717) is 0 Å². The first kappa shape index (κ1) is 11.4. The Morgan fingerprint density at radius 3 is 2.53 bits per heavy atom. The van der Waals surface area contributed by atoms with Crippen LogP contribution in [0.1, 0.15) is 5.56 Å². The lowest BCUT2D eigenvalue weighted by atomic mass is 10.2. The van der Waals surface area contributed by atoms with E-state index >= 15 is 0 Å². The van der Waals surface area contributed by atoms with Crippen molar-refractivity contribution in [3.63, 3.8) is 0 Å². The van der Waals surface area contributed by atoms with Crippen LogP contribution >= 0.6 is 0 Å². The summed E-state index contributed by atoms with van der Waals surface area (Å²) in [5.74, 6) is -2.23. The van der Waals surface area contributed by atoms with Gasteiger partial charge in [-0.3, -0.25) is 4.79 Å². The van der Waals surface area contributed by atoms with Crippen molar-refractivity contribution in [2.24, 2.45) is 0 Å². The zero-order chi connectivity index (χ0) is 11.6. The number of anilines is 1. The Morgan fingerprint density at radius 1 is 1.40 bits per heavy atom. The average Bonchev–Trinajstić information content (AvgIpc) is 2.11. The summed E-state index contributed by atoms with van der Waals surface area (Å²) in [6.45, 7) is 1.40. The molecule has 1 aromatic carbocycles. The van der Waals surface area contributed by atoms with Crippen LogP contribution in [0.15, 0.2) is 18.2 Å². The van der Waals surface area contributed by atoms with E-state index in [9.17, 15) is 23.1 Å². The molecule has 0 aliphatic carbocycles. The summed E-state index contributed by atoms with van der Waals surface area (Å²) in [5, 5.41) is 10.9. The minimum absolute atomic E-state index is 0.0580. The Hall–Kier alpha value is -1.72. The molecule has 0 spiro atoms. The Labute approximate surface area is 83.5 Å². The second kappa shape index (κ2) is 3.80. The molecule has 6 heteroatoms. The molecular weight excluding hydrogens is 211 g/mol. The number of hydrogen-bond acceptors (Lipinski definition) is 2. The topological polar surface area (TPSA) is 49.3 Å². The number of hydrogen-bond donors (Lipinski definition) is 2. The maximum absolute atomic E-state index is 11.9. The third-order valence-corrected chi connectivity index (χ3v) is 1.81. The smallest absolute Gasteiger partial charge is 0.471 e.